The molecule has 31 heavy (non-hydrogen) atoms. The molecule has 0 aliphatic rings. The van der Waals surface area contributed by atoms with Crippen molar-refractivity contribution >= 4 is 16.7 Å². The molecule has 0 saturated carbocycles. The van der Waals surface area contributed by atoms with Crippen LogP contribution in [0.5, 0.6) is 0 Å². The van der Waals surface area contributed by atoms with Gasteiger partial charge in [-0.25, -0.2) is 4.68 Å². The van der Waals surface area contributed by atoms with Crippen LogP contribution in [0.25, 0.3) is 10.8 Å². The summed E-state index contributed by atoms with van der Waals surface area (Å²) in [5.41, 5.74) is 0.952. The average molecular weight is 417 g/mol. The number of hydrogen-bond donors (Lipinski definition) is 2. The van der Waals surface area contributed by atoms with Crippen molar-refractivity contribution in [3.05, 3.63) is 100 Å². The lowest BCUT2D eigenvalue weighted by molar-refractivity contribution is -0.891. The third kappa shape index (κ3) is 4.41. The number of furan rings is 1. The monoisotopic (exact) mass is 417 g/mol. The van der Waals surface area contributed by atoms with E-state index in [0.29, 0.717) is 23.9 Å². The Morgan fingerprint density at radius 3 is 2.42 bits per heavy atom. The van der Waals surface area contributed by atoms with Gasteiger partial charge >= 0.3 is 0 Å². The Kier molecular flexibility index (Phi) is 5.95. The van der Waals surface area contributed by atoms with Crippen molar-refractivity contribution in [2.24, 2.45) is 0 Å². The Balaban J connectivity index is 1.66. The maximum Gasteiger partial charge on any atom is 0.274 e. The van der Waals surface area contributed by atoms with E-state index in [-0.39, 0.29) is 23.2 Å². The van der Waals surface area contributed by atoms with Crippen molar-refractivity contribution in [3.8, 4) is 0 Å². The second-order valence-corrected chi connectivity index (χ2v) is 7.70. The predicted octanol–water partition coefficient (Wildman–Crippen LogP) is 1.65. The number of rotatable bonds is 7. The lowest BCUT2D eigenvalue weighted by Gasteiger charge is -2.20. The number of amides is 1. The van der Waals surface area contributed by atoms with Gasteiger partial charge in [-0.3, -0.25) is 9.59 Å². The molecule has 7 nitrogen and oxygen atoms in total. The zero-order valence-corrected chi connectivity index (χ0v) is 17.5. The highest BCUT2D eigenvalue weighted by atomic mass is 16.3. The summed E-state index contributed by atoms with van der Waals surface area (Å²) in [6, 6.07) is 20.4. The van der Waals surface area contributed by atoms with Crippen molar-refractivity contribution in [1.82, 2.24) is 15.1 Å². The summed E-state index contributed by atoms with van der Waals surface area (Å²) in [4.78, 5) is 27.2. The summed E-state index contributed by atoms with van der Waals surface area (Å²) >= 11 is 0. The van der Waals surface area contributed by atoms with Gasteiger partial charge < -0.3 is 14.6 Å². The van der Waals surface area contributed by atoms with Gasteiger partial charge in [-0.15, -0.1) is 0 Å². The topological polar surface area (TPSA) is 81.6 Å². The van der Waals surface area contributed by atoms with Crippen LogP contribution in [0.4, 0.5) is 0 Å². The zero-order chi connectivity index (χ0) is 21.8. The molecular formula is C24H25N4O3+. The van der Waals surface area contributed by atoms with Gasteiger partial charge in [0.25, 0.3) is 11.5 Å². The van der Waals surface area contributed by atoms with Crippen LogP contribution in [0.2, 0.25) is 0 Å². The summed E-state index contributed by atoms with van der Waals surface area (Å²) < 4.78 is 6.89. The number of fused-ring (bicyclic) bond motifs is 1. The molecular weight excluding hydrogens is 392 g/mol. The first kappa shape index (κ1) is 20.6. The molecule has 0 fully saturated rings. The fraction of sp³-hybridized carbons (Fsp3) is 0.208. The third-order valence-corrected chi connectivity index (χ3v) is 5.31. The maximum atomic E-state index is 13.1. The van der Waals surface area contributed by atoms with E-state index >= 15 is 0 Å². The Morgan fingerprint density at radius 2 is 1.74 bits per heavy atom. The number of nitrogens with one attached hydrogen (secondary N) is 2. The molecule has 158 valence electrons. The van der Waals surface area contributed by atoms with Crippen molar-refractivity contribution in [2.45, 2.75) is 12.6 Å². The number of likely N-dealkylation sites (N-methyl/N-ethyl adjacent to an activating group) is 1. The van der Waals surface area contributed by atoms with E-state index in [1.54, 1.807) is 30.5 Å². The number of quaternary nitrogens is 1. The minimum Gasteiger partial charge on any atom is -0.463 e. The molecule has 0 unspecified atom stereocenters. The minimum absolute atomic E-state index is 0.0413. The molecule has 0 radical (unpaired) electrons. The molecule has 1 atom stereocenters. The first-order valence-corrected chi connectivity index (χ1v) is 10.2. The molecule has 0 aliphatic carbocycles. The molecule has 0 saturated heterocycles. The van der Waals surface area contributed by atoms with Crippen LogP contribution in [0.15, 0.2) is 82.2 Å². The van der Waals surface area contributed by atoms with E-state index in [2.05, 4.69) is 10.4 Å². The fourth-order valence-corrected chi connectivity index (χ4v) is 3.62. The van der Waals surface area contributed by atoms with Crippen LogP contribution in [-0.2, 0) is 6.54 Å². The zero-order valence-electron chi connectivity index (χ0n) is 17.5. The molecule has 0 aliphatic heterocycles. The van der Waals surface area contributed by atoms with Crippen LogP contribution in [0.3, 0.4) is 0 Å². The standard InChI is InChI=1S/C24H24N4O3/c1-27(2)20(21-13-8-14-31-21)15-25-23(29)22-18-11-6-7-12-19(18)24(30)28(26-22)16-17-9-4-3-5-10-17/h3-14,20H,15-16H2,1-2H3,(H,25,29)/p+1/t20-/m1/s1. The Morgan fingerprint density at radius 1 is 1.03 bits per heavy atom. The SMILES string of the molecule is C[NH+](C)[C@H](CNC(=O)c1nn(Cc2ccccc2)c(=O)c2ccccc12)c1ccco1. The van der Waals surface area contributed by atoms with Crippen LogP contribution in [0, 0.1) is 0 Å². The number of carbonyl (C=O) groups excluding carboxylic acids is 1. The van der Waals surface area contributed by atoms with E-state index < -0.39 is 0 Å². The third-order valence-electron chi connectivity index (χ3n) is 5.31. The molecule has 2 N–H and O–H groups in total. The first-order valence-electron chi connectivity index (χ1n) is 10.2. The molecule has 0 bridgehead atoms. The smallest absolute Gasteiger partial charge is 0.274 e. The van der Waals surface area contributed by atoms with Crippen LogP contribution in [-0.4, -0.2) is 36.3 Å². The maximum absolute atomic E-state index is 13.1. The van der Waals surface area contributed by atoms with E-state index in [9.17, 15) is 9.59 Å². The van der Waals surface area contributed by atoms with Gasteiger partial charge in [0.15, 0.2) is 17.5 Å². The van der Waals surface area contributed by atoms with Gasteiger partial charge in [0.2, 0.25) is 0 Å². The predicted molar refractivity (Wildman–Crippen MR) is 118 cm³/mol. The van der Waals surface area contributed by atoms with Crippen molar-refractivity contribution < 1.29 is 14.1 Å². The van der Waals surface area contributed by atoms with Crippen molar-refractivity contribution in [1.29, 1.82) is 0 Å². The highest BCUT2D eigenvalue weighted by molar-refractivity contribution is 6.04. The number of benzene rings is 2. The van der Waals surface area contributed by atoms with Crippen LogP contribution >= 0.6 is 0 Å². The largest absolute Gasteiger partial charge is 0.463 e. The number of nitrogens with zero attached hydrogens (tertiary/aromatic N) is 2. The van der Waals surface area contributed by atoms with Gasteiger partial charge in [0.05, 0.1) is 38.8 Å². The fourth-order valence-electron chi connectivity index (χ4n) is 3.62. The second kappa shape index (κ2) is 8.97. The molecule has 7 heteroatoms. The number of hydrogen-bond acceptors (Lipinski definition) is 4. The van der Waals surface area contributed by atoms with Crippen molar-refractivity contribution in [3.63, 3.8) is 0 Å². The molecule has 4 rings (SSSR count). The summed E-state index contributed by atoms with van der Waals surface area (Å²) in [5, 5.41) is 8.43. The Bertz CT molecular complexity index is 1230. The van der Waals surface area contributed by atoms with Gasteiger partial charge in [-0.05, 0) is 23.8 Å². The summed E-state index contributed by atoms with van der Waals surface area (Å²) in [7, 11) is 4.01. The van der Waals surface area contributed by atoms with Gasteiger partial charge in [-0.2, -0.15) is 5.10 Å². The molecule has 2 aromatic heterocycles. The molecule has 2 heterocycles. The second-order valence-electron chi connectivity index (χ2n) is 7.70. The van der Waals surface area contributed by atoms with Crippen LogP contribution < -0.4 is 15.8 Å². The molecule has 2 aromatic carbocycles. The van der Waals surface area contributed by atoms with E-state index in [0.717, 1.165) is 16.2 Å². The van der Waals surface area contributed by atoms with Gasteiger partial charge in [0.1, 0.15) is 0 Å². The minimum atomic E-state index is -0.323. The lowest BCUT2D eigenvalue weighted by atomic mass is 10.1. The van der Waals surface area contributed by atoms with E-state index in [1.165, 1.54) is 4.68 Å². The molecule has 0 spiro atoms. The van der Waals surface area contributed by atoms with Gasteiger partial charge in [-0.1, -0.05) is 48.5 Å². The van der Waals surface area contributed by atoms with Gasteiger partial charge in [0, 0.05) is 5.39 Å². The molecule has 4 aromatic rings. The average Bonchev–Trinajstić information content (AvgIpc) is 3.31. The van der Waals surface area contributed by atoms with E-state index in [1.807, 2.05) is 56.6 Å². The van der Waals surface area contributed by atoms with E-state index in [4.69, 9.17) is 4.42 Å². The number of carbonyl (C=O) groups is 1. The van der Waals surface area contributed by atoms with Crippen molar-refractivity contribution in [2.75, 3.05) is 20.6 Å². The lowest BCUT2D eigenvalue weighted by Crippen LogP contribution is -3.07. The Hall–Kier alpha value is -3.71. The quantitative estimate of drug-likeness (QED) is 0.479. The number of aromatic nitrogens is 2. The normalized spacial score (nSPS) is 12.2. The highest BCUT2D eigenvalue weighted by Gasteiger charge is 2.23. The molecule has 1 amide bonds. The summed E-state index contributed by atoms with van der Waals surface area (Å²) in [5.74, 6) is 0.475. The highest BCUT2D eigenvalue weighted by Crippen LogP contribution is 2.15. The van der Waals surface area contributed by atoms with Crippen LogP contribution in [0.1, 0.15) is 27.9 Å². The Labute approximate surface area is 179 Å². The summed E-state index contributed by atoms with van der Waals surface area (Å²) in [6.07, 6.45) is 1.63. The summed E-state index contributed by atoms with van der Waals surface area (Å²) in [6.45, 7) is 0.671. The first-order chi connectivity index (χ1) is 15.0.